The summed E-state index contributed by atoms with van der Waals surface area (Å²) in [5.74, 6) is -0.114. The number of sulfonamides is 1. The number of hydrogen-bond acceptors (Lipinski definition) is 6. The van der Waals surface area contributed by atoms with Crippen LogP contribution in [-0.4, -0.2) is 38.2 Å². The van der Waals surface area contributed by atoms with Crippen molar-refractivity contribution in [2.45, 2.75) is 12.8 Å². The molecule has 0 bridgehead atoms. The Bertz CT molecular complexity index is 831. The van der Waals surface area contributed by atoms with Gasteiger partial charge in [-0.1, -0.05) is 0 Å². The number of thiazole rings is 1. The predicted molar refractivity (Wildman–Crippen MR) is 95.0 cm³/mol. The van der Waals surface area contributed by atoms with Crippen LogP contribution in [0.2, 0.25) is 0 Å². The molecule has 0 unspecified atom stereocenters. The zero-order valence-electron chi connectivity index (χ0n) is 12.9. The van der Waals surface area contributed by atoms with E-state index in [0.29, 0.717) is 43.0 Å². The summed E-state index contributed by atoms with van der Waals surface area (Å²) >= 11 is 1.41. The van der Waals surface area contributed by atoms with E-state index in [0.717, 1.165) is 5.01 Å². The molecular formula is C15H18N4O3S2. The second kappa shape index (κ2) is 6.88. The molecule has 1 aliphatic heterocycles. The molecule has 128 valence electrons. The third kappa shape index (κ3) is 3.58. The van der Waals surface area contributed by atoms with E-state index in [4.69, 9.17) is 5.73 Å². The molecule has 1 aliphatic rings. The number of rotatable bonds is 5. The largest absolute Gasteiger partial charge is 0.330 e. The van der Waals surface area contributed by atoms with E-state index in [1.807, 2.05) is 0 Å². The first-order valence-corrected chi connectivity index (χ1v) is 10.0. The van der Waals surface area contributed by atoms with Gasteiger partial charge in [0.15, 0.2) is 0 Å². The molecule has 7 nitrogen and oxygen atoms in total. The van der Waals surface area contributed by atoms with Crippen molar-refractivity contribution >= 4 is 38.6 Å². The number of anilines is 2. The maximum atomic E-state index is 12.2. The van der Waals surface area contributed by atoms with Crippen molar-refractivity contribution < 1.29 is 13.2 Å². The second-order valence-corrected chi connectivity index (χ2v) is 8.36. The monoisotopic (exact) mass is 366 g/mol. The third-order valence-corrected chi connectivity index (χ3v) is 6.43. The van der Waals surface area contributed by atoms with Gasteiger partial charge in [0.1, 0.15) is 5.69 Å². The summed E-state index contributed by atoms with van der Waals surface area (Å²) in [5.41, 5.74) is 7.04. The topological polar surface area (TPSA) is 105 Å². The van der Waals surface area contributed by atoms with Crippen molar-refractivity contribution in [1.29, 1.82) is 0 Å². The number of nitrogens with one attached hydrogen (secondary N) is 1. The van der Waals surface area contributed by atoms with Crippen LogP contribution in [-0.2, 0) is 16.4 Å². The van der Waals surface area contributed by atoms with Crippen molar-refractivity contribution in [2.24, 2.45) is 5.73 Å². The maximum absolute atomic E-state index is 12.2. The van der Waals surface area contributed by atoms with Crippen molar-refractivity contribution in [3.63, 3.8) is 0 Å². The SMILES string of the molecule is NCCc1nc(C(=O)Nc2ccc(N3CCCS3(=O)=O)cc2)cs1. The number of carbonyl (C=O) groups is 1. The normalized spacial score (nSPS) is 16.3. The summed E-state index contributed by atoms with van der Waals surface area (Å²) in [6.07, 6.45) is 1.28. The molecule has 0 saturated carbocycles. The lowest BCUT2D eigenvalue weighted by atomic mass is 10.2. The van der Waals surface area contributed by atoms with E-state index in [1.54, 1.807) is 29.6 Å². The molecule has 24 heavy (non-hydrogen) atoms. The minimum Gasteiger partial charge on any atom is -0.330 e. The summed E-state index contributed by atoms with van der Waals surface area (Å²) in [6.45, 7) is 0.992. The van der Waals surface area contributed by atoms with Gasteiger partial charge in [0, 0.05) is 24.0 Å². The fourth-order valence-electron chi connectivity index (χ4n) is 2.49. The van der Waals surface area contributed by atoms with Crippen LogP contribution in [0.1, 0.15) is 21.9 Å². The van der Waals surface area contributed by atoms with Crippen LogP contribution >= 0.6 is 11.3 Å². The molecule has 2 heterocycles. The molecule has 1 fully saturated rings. The Morgan fingerprint density at radius 3 is 2.71 bits per heavy atom. The molecule has 1 aromatic heterocycles. The van der Waals surface area contributed by atoms with Crippen LogP contribution in [0.25, 0.3) is 0 Å². The van der Waals surface area contributed by atoms with Crippen molar-refractivity contribution in [2.75, 3.05) is 28.5 Å². The van der Waals surface area contributed by atoms with Crippen LogP contribution in [0.5, 0.6) is 0 Å². The van der Waals surface area contributed by atoms with Crippen molar-refractivity contribution in [3.05, 3.63) is 40.3 Å². The number of nitrogens with zero attached hydrogens (tertiary/aromatic N) is 2. The predicted octanol–water partition coefficient (Wildman–Crippen LogP) is 1.44. The minimum absolute atomic E-state index is 0.181. The number of hydrogen-bond donors (Lipinski definition) is 2. The Hall–Kier alpha value is -1.97. The standard InChI is InChI=1S/C15H18N4O3S2/c16-7-6-14-18-13(10-23-14)15(20)17-11-2-4-12(5-3-11)19-8-1-9-24(19,21)22/h2-5,10H,1,6-9,16H2,(H,17,20). The van der Waals surface area contributed by atoms with Gasteiger partial charge in [-0.15, -0.1) is 11.3 Å². The number of amides is 1. The van der Waals surface area contributed by atoms with Gasteiger partial charge in [-0.3, -0.25) is 9.10 Å². The highest BCUT2D eigenvalue weighted by Crippen LogP contribution is 2.25. The van der Waals surface area contributed by atoms with Gasteiger partial charge >= 0.3 is 0 Å². The molecule has 1 saturated heterocycles. The van der Waals surface area contributed by atoms with Crippen molar-refractivity contribution in [1.82, 2.24) is 4.98 Å². The van der Waals surface area contributed by atoms with E-state index >= 15 is 0 Å². The van der Waals surface area contributed by atoms with Crippen LogP contribution in [0.4, 0.5) is 11.4 Å². The van der Waals surface area contributed by atoms with Gasteiger partial charge < -0.3 is 11.1 Å². The Morgan fingerprint density at radius 2 is 2.08 bits per heavy atom. The molecule has 3 N–H and O–H groups in total. The molecular weight excluding hydrogens is 348 g/mol. The zero-order chi connectivity index (χ0) is 17.2. The van der Waals surface area contributed by atoms with E-state index in [2.05, 4.69) is 10.3 Å². The highest BCUT2D eigenvalue weighted by molar-refractivity contribution is 7.93. The molecule has 0 atom stereocenters. The summed E-state index contributed by atoms with van der Waals surface area (Å²) in [7, 11) is -3.19. The van der Waals surface area contributed by atoms with Crippen LogP contribution in [0.3, 0.4) is 0 Å². The fourth-order valence-corrected chi connectivity index (χ4v) is 4.85. The number of nitrogens with two attached hydrogens (primary N) is 1. The molecule has 0 spiro atoms. The highest BCUT2D eigenvalue weighted by Gasteiger charge is 2.28. The quantitative estimate of drug-likeness (QED) is 0.833. The third-order valence-electron chi connectivity index (χ3n) is 3.66. The number of benzene rings is 1. The zero-order valence-corrected chi connectivity index (χ0v) is 14.6. The van der Waals surface area contributed by atoms with Crippen LogP contribution in [0, 0.1) is 0 Å². The van der Waals surface area contributed by atoms with Crippen molar-refractivity contribution in [3.8, 4) is 0 Å². The maximum Gasteiger partial charge on any atom is 0.275 e. The molecule has 1 amide bonds. The Labute approximate surface area is 144 Å². The van der Waals surface area contributed by atoms with Gasteiger partial charge in [-0.25, -0.2) is 13.4 Å². The average molecular weight is 366 g/mol. The summed E-state index contributed by atoms with van der Waals surface area (Å²) < 4.78 is 25.2. The van der Waals surface area contributed by atoms with Crippen LogP contribution < -0.4 is 15.4 Å². The molecule has 0 radical (unpaired) electrons. The van der Waals surface area contributed by atoms with E-state index in [1.165, 1.54) is 15.6 Å². The molecule has 9 heteroatoms. The second-order valence-electron chi connectivity index (χ2n) is 5.41. The number of aromatic nitrogens is 1. The molecule has 1 aromatic carbocycles. The Balaban J connectivity index is 1.68. The smallest absolute Gasteiger partial charge is 0.275 e. The van der Waals surface area contributed by atoms with E-state index < -0.39 is 10.0 Å². The lowest BCUT2D eigenvalue weighted by molar-refractivity contribution is 0.102. The molecule has 2 aromatic rings. The average Bonchev–Trinajstić information content (AvgIpc) is 3.15. The van der Waals surface area contributed by atoms with Gasteiger partial charge in [-0.05, 0) is 37.2 Å². The van der Waals surface area contributed by atoms with Gasteiger partial charge in [0.25, 0.3) is 5.91 Å². The van der Waals surface area contributed by atoms with E-state index in [-0.39, 0.29) is 11.7 Å². The minimum atomic E-state index is -3.19. The fraction of sp³-hybridized carbons (Fsp3) is 0.333. The van der Waals surface area contributed by atoms with E-state index in [9.17, 15) is 13.2 Å². The van der Waals surface area contributed by atoms with Gasteiger partial charge in [0.05, 0.1) is 16.4 Å². The molecule has 0 aliphatic carbocycles. The first-order chi connectivity index (χ1) is 11.5. The van der Waals surface area contributed by atoms with Crippen LogP contribution in [0.15, 0.2) is 29.6 Å². The number of carbonyl (C=O) groups excluding carboxylic acids is 1. The van der Waals surface area contributed by atoms with Gasteiger partial charge in [0.2, 0.25) is 10.0 Å². The first kappa shape index (κ1) is 16.9. The Morgan fingerprint density at radius 1 is 1.33 bits per heavy atom. The highest BCUT2D eigenvalue weighted by atomic mass is 32.2. The molecule has 3 rings (SSSR count). The van der Waals surface area contributed by atoms with Gasteiger partial charge in [-0.2, -0.15) is 0 Å². The summed E-state index contributed by atoms with van der Waals surface area (Å²) in [5, 5.41) is 5.29. The summed E-state index contributed by atoms with van der Waals surface area (Å²) in [6, 6.07) is 6.77. The Kier molecular flexibility index (Phi) is 4.83. The lowest BCUT2D eigenvalue weighted by Gasteiger charge is -2.17. The first-order valence-electron chi connectivity index (χ1n) is 7.56. The summed E-state index contributed by atoms with van der Waals surface area (Å²) in [4.78, 5) is 16.4. The lowest BCUT2D eigenvalue weighted by Crippen LogP contribution is -2.25.